The maximum Gasteiger partial charge on any atom is 0.314 e. The van der Waals surface area contributed by atoms with Gasteiger partial charge in [0.25, 0.3) is 0 Å². The molecule has 1 fully saturated rings. The van der Waals surface area contributed by atoms with Gasteiger partial charge in [0.15, 0.2) is 17.3 Å². The molecule has 0 spiro atoms. The van der Waals surface area contributed by atoms with Gasteiger partial charge in [-0.1, -0.05) is 23.4 Å². The fourth-order valence-electron chi connectivity index (χ4n) is 4.28. The molecule has 0 aliphatic carbocycles. The van der Waals surface area contributed by atoms with Crippen LogP contribution < -0.4 is 25.0 Å². The molecule has 182 valence electrons. The minimum atomic E-state index is -0.840. The van der Waals surface area contributed by atoms with Crippen LogP contribution in [0, 0.1) is 5.82 Å². The molecule has 3 heterocycles. The molecule has 0 bridgehead atoms. The fourth-order valence-corrected chi connectivity index (χ4v) is 4.28. The van der Waals surface area contributed by atoms with E-state index >= 15 is 0 Å². The van der Waals surface area contributed by atoms with Gasteiger partial charge in [0.2, 0.25) is 6.79 Å². The molecule has 1 aromatic heterocycles. The molecule has 1 saturated heterocycles. The Kier molecular flexibility index (Phi) is 6.49. The molecule has 0 unspecified atom stereocenters. The molecule has 35 heavy (non-hydrogen) atoms. The Labute approximate surface area is 200 Å². The van der Waals surface area contributed by atoms with Gasteiger partial charge in [-0.3, -0.25) is 19.8 Å². The van der Waals surface area contributed by atoms with Crippen LogP contribution in [0.3, 0.4) is 0 Å². The van der Waals surface area contributed by atoms with Crippen molar-refractivity contribution in [1.29, 1.82) is 0 Å². The number of benzene rings is 2. The Morgan fingerprint density at radius 2 is 1.80 bits per heavy atom. The van der Waals surface area contributed by atoms with Gasteiger partial charge in [0, 0.05) is 38.8 Å². The second-order valence-electron chi connectivity index (χ2n) is 8.15. The number of hydrogen-bond acceptors (Lipinski definition) is 8. The summed E-state index contributed by atoms with van der Waals surface area (Å²) in [6.07, 6.45) is 1.30. The zero-order chi connectivity index (χ0) is 24.2. The average Bonchev–Trinajstić information content (AvgIpc) is 3.56. The number of anilines is 2. The van der Waals surface area contributed by atoms with E-state index in [0.29, 0.717) is 43.4 Å². The Morgan fingerprint density at radius 1 is 1.00 bits per heavy atom. The number of ether oxygens (including phenoxy) is 2. The van der Waals surface area contributed by atoms with Crippen LogP contribution in [0.4, 0.5) is 15.9 Å². The number of hydrogen-bond donors (Lipinski definition) is 2. The Bertz CT molecular complexity index is 1200. The van der Waals surface area contributed by atoms with Crippen molar-refractivity contribution >= 4 is 23.3 Å². The van der Waals surface area contributed by atoms with Gasteiger partial charge in [0.05, 0.1) is 11.7 Å². The van der Waals surface area contributed by atoms with Gasteiger partial charge in [-0.2, -0.15) is 0 Å². The number of nitrogens with one attached hydrogen (secondary N) is 2. The topological polar surface area (TPSA) is 109 Å². The van der Waals surface area contributed by atoms with Crippen LogP contribution in [-0.2, 0) is 9.59 Å². The SMILES string of the molecule is O=C(NC[C@H](c1ccc2c(c1)OCO2)N1CCN(c2ccccc2F)CC1)C(=O)Nc1ccon1. The van der Waals surface area contributed by atoms with E-state index in [1.807, 2.05) is 29.2 Å². The molecule has 2 aliphatic heterocycles. The number of carbonyl (C=O) groups excluding carboxylic acids is 2. The predicted octanol–water partition coefficient (Wildman–Crippen LogP) is 2.16. The Hall–Kier alpha value is -4.12. The van der Waals surface area contributed by atoms with E-state index in [4.69, 9.17) is 9.47 Å². The summed E-state index contributed by atoms with van der Waals surface area (Å²) in [5, 5.41) is 8.67. The predicted molar refractivity (Wildman–Crippen MR) is 124 cm³/mol. The van der Waals surface area contributed by atoms with Crippen molar-refractivity contribution in [3.05, 3.63) is 66.2 Å². The molecule has 1 atom stereocenters. The molecule has 2 amide bonds. The van der Waals surface area contributed by atoms with Gasteiger partial charge in [-0.15, -0.1) is 0 Å². The molecular formula is C24H24FN5O5. The van der Waals surface area contributed by atoms with Crippen LogP contribution in [0.2, 0.25) is 0 Å². The Morgan fingerprint density at radius 3 is 2.57 bits per heavy atom. The van der Waals surface area contributed by atoms with Crippen molar-refractivity contribution in [3.8, 4) is 11.5 Å². The minimum absolute atomic E-state index is 0.154. The average molecular weight is 481 g/mol. The van der Waals surface area contributed by atoms with E-state index in [1.54, 1.807) is 12.1 Å². The summed E-state index contributed by atoms with van der Waals surface area (Å²) in [6, 6.07) is 13.6. The number of para-hydroxylation sites is 1. The third-order valence-electron chi connectivity index (χ3n) is 6.07. The number of carbonyl (C=O) groups is 2. The van der Waals surface area contributed by atoms with E-state index in [-0.39, 0.29) is 31.0 Å². The standard InChI is InChI=1S/C24H24FN5O5/c25-17-3-1-2-4-18(17)29-8-10-30(11-9-29)19(16-5-6-20-21(13-16)34-15-33-20)14-26-23(31)24(32)27-22-7-12-35-28-22/h1-7,12-13,19H,8-11,14-15H2,(H,26,31)(H,27,28,32)/t19-/m1/s1. The van der Waals surface area contributed by atoms with Crippen molar-refractivity contribution < 1.29 is 28.0 Å². The number of nitrogens with zero attached hydrogens (tertiary/aromatic N) is 3. The van der Waals surface area contributed by atoms with Crippen LogP contribution in [0.25, 0.3) is 0 Å². The maximum absolute atomic E-state index is 14.3. The highest BCUT2D eigenvalue weighted by Crippen LogP contribution is 2.36. The second kappa shape index (κ2) is 10.0. The number of halogens is 1. The minimum Gasteiger partial charge on any atom is -0.454 e. The largest absolute Gasteiger partial charge is 0.454 e. The molecular weight excluding hydrogens is 457 g/mol. The third kappa shape index (κ3) is 5.04. The van der Waals surface area contributed by atoms with E-state index in [9.17, 15) is 14.0 Å². The van der Waals surface area contributed by atoms with Gasteiger partial charge >= 0.3 is 11.8 Å². The highest BCUT2D eigenvalue weighted by molar-refractivity contribution is 6.39. The second-order valence-corrected chi connectivity index (χ2v) is 8.15. The summed E-state index contributed by atoms with van der Waals surface area (Å²) in [5.41, 5.74) is 1.48. The van der Waals surface area contributed by atoms with E-state index in [0.717, 1.165) is 5.56 Å². The summed E-state index contributed by atoms with van der Waals surface area (Å²) in [7, 11) is 0. The van der Waals surface area contributed by atoms with Crippen molar-refractivity contribution in [2.24, 2.45) is 0 Å². The van der Waals surface area contributed by atoms with Crippen LogP contribution in [-0.4, -0.2) is 61.4 Å². The highest BCUT2D eigenvalue weighted by atomic mass is 19.1. The van der Waals surface area contributed by atoms with Crippen molar-refractivity contribution in [2.45, 2.75) is 6.04 Å². The summed E-state index contributed by atoms with van der Waals surface area (Å²) in [4.78, 5) is 28.9. The van der Waals surface area contributed by atoms with Crippen LogP contribution in [0.1, 0.15) is 11.6 Å². The van der Waals surface area contributed by atoms with Gasteiger partial charge in [-0.25, -0.2) is 4.39 Å². The number of fused-ring (bicyclic) bond motifs is 1. The lowest BCUT2D eigenvalue weighted by Gasteiger charge is -2.40. The monoisotopic (exact) mass is 481 g/mol. The molecule has 0 radical (unpaired) electrons. The van der Waals surface area contributed by atoms with E-state index in [1.165, 1.54) is 18.4 Å². The number of rotatable bonds is 6. The lowest BCUT2D eigenvalue weighted by Crippen LogP contribution is -2.50. The van der Waals surface area contributed by atoms with Gasteiger partial charge in [0.1, 0.15) is 12.1 Å². The molecule has 2 N–H and O–H groups in total. The van der Waals surface area contributed by atoms with Crippen molar-refractivity contribution in [3.63, 3.8) is 0 Å². The maximum atomic E-state index is 14.3. The zero-order valence-electron chi connectivity index (χ0n) is 18.8. The van der Waals surface area contributed by atoms with Crippen LogP contribution in [0.5, 0.6) is 11.5 Å². The molecule has 2 aromatic carbocycles. The smallest absolute Gasteiger partial charge is 0.314 e. The fraction of sp³-hybridized carbons (Fsp3) is 0.292. The highest BCUT2D eigenvalue weighted by Gasteiger charge is 2.29. The molecule has 3 aromatic rings. The summed E-state index contributed by atoms with van der Waals surface area (Å²) >= 11 is 0. The summed E-state index contributed by atoms with van der Waals surface area (Å²) < 4.78 is 29.9. The number of amides is 2. The molecule has 10 nitrogen and oxygen atoms in total. The first-order valence-electron chi connectivity index (χ1n) is 11.2. The zero-order valence-corrected chi connectivity index (χ0v) is 18.8. The van der Waals surface area contributed by atoms with Gasteiger partial charge < -0.3 is 24.2 Å². The first-order valence-corrected chi connectivity index (χ1v) is 11.2. The Balaban J connectivity index is 1.29. The quantitative estimate of drug-likeness (QED) is 0.516. The lowest BCUT2D eigenvalue weighted by molar-refractivity contribution is -0.136. The first-order chi connectivity index (χ1) is 17.1. The number of piperazine rings is 1. The summed E-state index contributed by atoms with van der Waals surface area (Å²) in [6.45, 7) is 2.84. The molecule has 2 aliphatic rings. The normalized spacial score (nSPS) is 16.1. The lowest BCUT2D eigenvalue weighted by atomic mass is 10.0. The van der Waals surface area contributed by atoms with Crippen molar-refractivity contribution in [2.75, 3.05) is 49.7 Å². The molecule has 11 heteroatoms. The molecule has 0 saturated carbocycles. The van der Waals surface area contributed by atoms with Crippen LogP contribution >= 0.6 is 0 Å². The number of aromatic nitrogens is 1. The van der Waals surface area contributed by atoms with Crippen LogP contribution in [0.15, 0.2) is 59.3 Å². The first kappa shape index (κ1) is 22.7. The third-order valence-corrected chi connectivity index (χ3v) is 6.07. The summed E-state index contributed by atoms with van der Waals surface area (Å²) in [5.74, 6) is -0.433. The van der Waals surface area contributed by atoms with Crippen molar-refractivity contribution in [1.82, 2.24) is 15.4 Å². The van der Waals surface area contributed by atoms with Gasteiger partial charge in [-0.05, 0) is 29.8 Å². The van der Waals surface area contributed by atoms with E-state index < -0.39 is 11.8 Å². The molecule has 5 rings (SSSR count). The van der Waals surface area contributed by atoms with E-state index in [2.05, 4.69) is 25.2 Å².